The molecule has 0 unspecified atom stereocenters. The molecule has 0 fully saturated rings. The van der Waals surface area contributed by atoms with Gasteiger partial charge in [0.2, 0.25) is 0 Å². The van der Waals surface area contributed by atoms with E-state index in [9.17, 15) is 4.79 Å². The molecule has 0 bridgehead atoms. The summed E-state index contributed by atoms with van der Waals surface area (Å²) >= 11 is 0. The lowest BCUT2D eigenvalue weighted by molar-refractivity contribution is -0.155. The fraction of sp³-hybridized carbons (Fsp3) is 0.226. The molecule has 0 amide bonds. The van der Waals surface area contributed by atoms with Gasteiger partial charge in [-0.15, -0.1) is 0 Å². The lowest BCUT2D eigenvalue weighted by atomic mass is 9.64. The second-order valence-corrected chi connectivity index (χ2v) is 9.21. The van der Waals surface area contributed by atoms with Crippen molar-refractivity contribution in [1.82, 2.24) is 4.98 Å². The lowest BCUT2D eigenvalue weighted by Crippen LogP contribution is -2.40. The molecule has 0 aliphatic rings. The van der Waals surface area contributed by atoms with Crippen molar-refractivity contribution in [3.63, 3.8) is 0 Å². The number of carbonyl (C=O) groups excluding carboxylic acids is 1. The highest BCUT2D eigenvalue weighted by Gasteiger charge is 2.48. The fourth-order valence-corrected chi connectivity index (χ4v) is 4.70. The van der Waals surface area contributed by atoms with Crippen LogP contribution < -0.4 is 4.90 Å². The van der Waals surface area contributed by atoms with Gasteiger partial charge in [-0.2, -0.15) is 0 Å². The summed E-state index contributed by atoms with van der Waals surface area (Å²) in [6.45, 7) is 3.73. The van der Waals surface area contributed by atoms with Crippen molar-refractivity contribution in [2.45, 2.75) is 25.4 Å². The fourth-order valence-electron chi connectivity index (χ4n) is 4.70. The molecule has 1 heterocycles. The maximum Gasteiger partial charge on any atom is 0.309 e. The van der Waals surface area contributed by atoms with Gasteiger partial charge in [0.25, 0.3) is 0 Å². The monoisotopic (exact) mass is 464 g/mol. The molecule has 178 valence electrons. The van der Waals surface area contributed by atoms with E-state index in [1.54, 1.807) is 6.20 Å². The molecule has 35 heavy (non-hydrogen) atoms. The van der Waals surface area contributed by atoms with Gasteiger partial charge in [0.15, 0.2) is 0 Å². The molecule has 1 atom stereocenters. The molecule has 4 aromatic rings. The van der Waals surface area contributed by atoms with Crippen molar-refractivity contribution in [1.29, 1.82) is 0 Å². The van der Waals surface area contributed by atoms with Crippen LogP contribution in [0.5, 0.6) is 0 Å². The van der Waals surface area contributed by atoms with Crippen LogP contribution in [-0.4, -0.2) is 25.0 Å². The summed E-state index contributed by atoms with van der Waals surface area (Å²) < 4.78 is 6.51. The SMILES string of the molecule is CC(C)C(=O)O[C@@H](c1cnccc1N(C)C)C(c1ccccc1)(c1ccccc1)c1ccccc1. The number of hydrogen-bond acceptors (Lipinski definition) is 4. The third-order valence-corrected chi connectivity index (χ3v) is 6.38. The topological polar surface area (TPSA) is 42.4 Å². The zero-order valence-electron chi connectivity index (χ0n) is 20.8. The van der Waals surface area contributed by atoms with Gasteiger partial charge in [0.05, 0.1) is 11.3 Å². The van der Waals surface area contributed by atoms with E-state index >= 15 is 0 Å². The number of aromatic nitrogens is 1. The van der Waals surface area contributed by atoms with Crippen molar-refractivity contribution in [2.24, 2.45) is 5.92 Å². The van der Waals surface area contributed by atoms with Crippen LogP contribution in [0.2, 0.25) is 0 Å². The van der Waals surface area contributed by atoms with Gasteiger partial charge >= 0.3 is 5.97 Å². The average molecular weight is 465 g/mol. The Hall–Kier alpha value is -3.92. The summed E-state index contributed by atoms with van der Waals surface area (Å²) in [6, 6.07) is 32.9. The van der Waals surface area contributed by atoms with Gasteiger partial charge in [0.1, 0.15) is 6.10 Å². The summed E-state index contributed by atoms with van der Waals surface area (Å²) in [4.78, 5) is 19.8. The molecule has 1 aromatic heterocycles. The Morgan fingerprint density at radius 2 is 1.23 bits per heavy atom. The number of carbonyl (C=O) groups is 1. The zero-order chi connectivity index (χ0) is 24.8. The van der Waals surface area contributed by atoms with Gasteiger partial charge < -0.3 is 9.64 Å². The predicted molar refractivity (Wildman–Crippen MR) is 141 cm³/mol. The number of ether oxygens (including phenoxy) is 1. The molecule has 3 aromatic carbocycles. The second kappa shape index (κ2) is 10.6. The third kappa shape index (κ3) is 4.69. The molecule has 4 nitrogen and oxygen atoms in total. The first kappa shape index (κ1) is 24.2. The molecule has 0 aliphatic carbocycles. The molecule has 4 rings (SSSR count). The molecule has 0 radical (unpaired) electrons. The minimum absolute atomic E-state index is 0.254. The van der Waals surface area contributed by atoms with Crippen LogP contribution in [-0.2, 0) is 14.9 Å². The summed E-state index contributed by atoms with van der Waals surface area (Å²) in [7, 11) is 3.99. The van der Waals surface area contributed by atoms with Crippen molar-refractivity contribution in [2.75, 3.05) is 19.0 Å². The van der Waals surface area contributed by atoms with Gasteiger partial charge in [0, 0.05) is 37.7 Å². The van der Waals surface area contributed by atoms with Crippen molar-refractivity contribution >= 4 is 11.7 Å². The van der Waals surface area contributed by atoms with E-state index in [1.165, 1.54) is 0 Å². The Bertz CT molecular complexity index is 1140. The van der Waals surface area contributed by atoms with E-state index in [1.807, 2.05) is 99.7 Å². The van der Waals surface area contributed by atoms with Crippen LogP contribution in [0.25, 0.3) is 0 Å². The molecule has 0 saturated heterocycles. The number of anilines is 1. The van der Waals surface area contributed by atoms with Crippen LogP contribution in [0.1, 0.15) is 42.2 Å². The first-order valence-corrected chi connectivity index (χ1v) is 11.9. The summed E-state index contributed by atoms with van der Waals surface area (Å²) in [5.74, 6) is -0.535. The number of rotatable bonds is 8. The number of pyridine rings is 1. The van der Waals surface area contributed by atoms with Crippen LogP contribution >= 0.6 is 0 Å². The van der Waals surface area contributed by atoms with E-state index in [0.717, 1.165) is 27.9 Å². The normalized spacial score (nSPS) is 12.3. The number of hydrogen-bond donors (Lipinski definition) is 0. The third-order valence-electron chi connectivity index (χ3n) is 6.38. The number of esters is 1. The standard InChI is InChI=1S/C31H32N2O2/c1-23(2)30(34)35-29(27-22-32-21-20-28(27)33(3)4)31(24-14-8-5-9-15-24,25-16-10-6-11-17-25)26-18-12-7-13-19-26/h5-23,29H,1-4H3/t29-/m0/s1. The van der Waals surface area contributed by atoms with Gasteiger partial charge in [-0.3, -0.25) is 9.78 Å². The number of nitrogens with zero attached hydrogens (tertiary/aromatic N) is 2. The highest BCUT2D eigenvalue weighted by molar-refractivity contribution is 5.73. The van der Waals surface area contributed by atoms with Crippen LogP contribution in [0.4, 0.5) is 5.69 Å². The first-order valence-electron chi connectivity index (χ1n) is 11.9. The largest absolute Gasteiger partial charge is 0.455 e. The molecule has 0 N–H and O–H groups in total. The lowest BCUT2D eigenvalue weighted by Gasteiger charge is -2.43. The molecule has 0 spiro atoms. The summed E-state index contributed by atoms with van der Waals surface area (Å²) in [5.41, 5.74) is 4.09. The van der Waals surface area contributed by atoms with Crippen LogP contribution in [0.3, 0.4) is 0 Å². The average Bonchev–Trinajstić information content (AvgIpc) is 2.90. The molecular weight excluding hydrogens is 432 g/mol. The zero-order valence-corrected chi connectivity index (χ0v) is 20.8. The molecule has 0 aliphatic heterocycles. The summed E-state index contributed by atoms with van der Waals surface area (Å²) in [6.07, 6.45) is 2.93. The highest BCUT2D eigenvalue weighted by Crippen LogP contribution is 2.52. The minimum atomic E-state index is -0.817. The first-order chi connectivity index (χ1) is 17.0. The quantitative estimate of drug-likeness (QED) is 0.223. The Balaban J connectivity index is 2.15. The Labute approximate surface area is 208 Å². The maximum atomic E-state index is 13.3. The Kier molecular flexibility index (Phi) is 7.31. The van der Waals surface area contributed by atoms with Crippen molar-refractivity contribution in [3.05, 3.63) is 132 Å². The Morgan fingerprint density at radius 3 is 1.63 bits per heavy atom. The van der Waals surface area contributed by atoms with Crippen molar-refractivity contribution < 1.29 is 9.53 Å². The van der Waals surface area contributed by atoms with E-state index in [4.69, 9.17) is 4.74 Å². The highest BCUT2D eigenvalue weighted by atomic mass is 16.5. The van der Waals surface area contributed by atoms with Gasteiger partial charge in [-0.05, 0) is 22.8 Å². The van der Waals surface area contributed by atoms with Crippen LogP contribution in [0.15, 0.2) is 109 Å². The Morgan fingerprint density at radius 1 is 0.771 bits per heavy atom. The minimum Gasteiger partial charge on any atom is -0.455 e. The van der Waals surface area contributed by atoms with E-state index in [-0.39, 0.29) is 11.9 Å². The molecule has 0 saturated carbocycles. The van der Waals surface area contributed by atoms with Gasteiger partial charge in [-0.1, -0.05) is 105 Å². The second-order valence-electron chi connectivity index (χ2n) is 9.21. The molecular formula is C31H32N2O2. The van der Waals surface area contributed by atoms with E-state index in [2.05, 4.69) is 41.4 Å². The van der Waals surface area contributed by atoms with E-state index < -0.39 is 11.5 Å². The summed E-state index contributed by atoms with van der Waals surface area (Å²) in [5, 5.41) is 0. The van der Waals surface area contributed by atoms with Crippen LogP contribution in [0, 0.1) is 5.92 Å². The predicted octanol–water partition coefficient (Wildman–Crippen LogP) is 6.42. The van der Waals surface area contributed by atoms with E-state index in [0.29, 0.717) is 0 Å². The number of benzene rings is 3. The van der Waals surface area contributed by atoms with Gasteiger partial charge in [-0.25, -0.2) is 0 Å². The molecule has 4 heteroatoms. The maximum absolute atomic E-state index is 13.3. The smallest absolute Gasteiger partial charge is 0.309 e. The van der Waals surface area contributed by atoms with Crippen molar-refractivity contribution in [3.8, 4) is 0 Å².